The number of hydrogen-bond acceptors (Lipinski definition) is 4. The van der Waals surface area contributed by atoms with Crippen LogP contribution in [0.5, 0.6) is 0 Å². The van der Waals surface area contributed by atoms with Crippen molar-refractivity contribution in [1.29, 1.82) is 5.26 Å². The summed E-state index contributed by atoms with van der Waals surface area (Å²) in [5.41, 5.74) is 2.43. The van der Waals surface area contributed by atoms with Crippen LogP contribution in [0.4, 0.5) is 0 Å². The molecule has 0 aromatic heterocycles. The zero-order chi connectivity index (χ0) is 17.7. The Labute approximate surface area is 142 Å². The van der Waals surface area contributed by atoms with Crippen LogP contribution in [0.2, 0.25) is 0 Å². The van der Waals surface area contributed by atoms with Crippen molar-refractivity contribution in [3.8, 4) is 6.07 Å². The number of hydrogen-bond donors (Lipinski definition) is 0. The Hall–Kier alpha value is -2.65. The van der Waals surface area contributed by atoms with Gasteiger partial charge in [0.15, 0.2) is 9.84 Å². The van der Waals surface area contributed by atoms with Crippen molar-refractivity contribution in [3.63, 3.8) is 0 Å². The third-order valence-corrected chi connectivity index (χ3v) is 4.28. The van der Waals surface area contributed by atoms with Gasteiger partial charge in [-0.1, -0.05) is 24.3 Å². The Morgan fingerprint density at radius 3 is 2.46 bits per heavy atom. The highest BCUT2D eigenvalue weighted by Gasteiger charge is 2.14. The molecule has 0 fully saturated rings. The number of nitriles is 1. The molecule has 0 spiro atoms. The fourth-order valence-electron chi connectivity index (χ4n) is 2.40. The monoisotopic (exact) mass is 342 g/mol. The summed E-state index contributed by atoms with van der Waals surface area (Å²) in [7, 11) is -1.48. The molecule has 0 N–H and O–H groups in total. The Balaban J connectivity index is 2.16. The molecule has 0 aliphatic carbocycles. The topological polar surface area (TPSA) is 78.2 Å². The van der Waals surface area contributed by atoms with E-state index in [0.717, 1.165) is 11.8 Å². The molecule has 2 rings (SSSR count). The standard InChI is InChI=1S/C18H18N2O3S/c1-20(12-15-6-3-5-14(9-15)11-19)18(21)17-8-4-7-16(10-17)13-24(2,22)23/h3-10H,12-13H2,1-2H3. The fraction of sp³-hybridized carbons (Fsp3) is 0.222. The summed E-state index contributed by atoms with van der Waals surface area (Å²) in [6.07, 6.45) is 1.16. The first-order chi connectivity index (χ1) is 11.3. The minimum absolute atomic E-state index is 0.0952. The van der Waals surface area contributed by atoms with E-state index in [0.29, 0.717) is 23.2 Å². The van der Waals surface area contributed by atoms with Crippen molar-refractivity contribution >= 4 is 15.7 Å². The van der Waals surface area contributed by atoms with E-state index in [-0.39, 0.29) is 11.7 Å². The molecule has 2 aromatic rings. The van der Waals surface area contributed by atoms with Gasteiger partial charge in [0.2, 0.25) is 0 Å². The lowest BCUT2D eigenvalue weighted by Crippen LogP contribution is -2.26. The summed E-state index contributed by atoms with van der Waals surface area (Å²) in [6.45, 7) is 0.366. The molecule has 0 aliphatic rings. The molecule has 24 heavy (non-hydrogen) atoms. The molecule has 0 aliphatic heterocycles. The van der Waals surface area contributed by atoms with Crippen molar-refractivity contribution in [1.82, 2.24) is 4.90 Å². The van der Waals surface area contributed by atoms with Gasteiger partial charge in [0.1, 0.15) is 0 Å². The lowest BCUT2D eigenvalue weighted by atomic mass is 10.1. The minimum Gasteiger partial charge on any atom is -0.337 e. The zero-order valence-corrected chi connectivity index (χ0v) is 14.4. The van der Waals surface area contributed by atoms with Gasteiger partial charge in [-0.3, -0.25) is 4.79 Å². The van der Waals surface area contributed by atoms with E-state index in [2.05, 4.69) is 6.07 Å². The van der Waals surface area contributed by atoms with E-state index < -0.39 is 9.84 Å². The SMILES string of the molecule is CN(Cc1cccc(C#N)c1)C(=O)c1cccc(CS(C)(=O)=O)c1. The van der Waals surface area contributed by atoms with Crippen molar-refractivity contribution in [2.24, 2.45) is 0 Å². The van der Waals surface area contributed by atoms with Crippen LogP contribution in [-0.4, -0.2) is 32.5 Å². The van der Waals surface area contributed by atoms with Gasteiger partial charge in [0.25, 0.3) is 5.91 Å². The summed E-state index contributed by atoms with van der Waals surface area (Å²) >= 11 is 0. The number of rotatable bonds is 5. The number of nitrogens with zero attached hydrogens (tertiary/aromatic N) is 2. The second-order valence-corrected chi connectivity index (χ2v) is 7.88. The third kappa shape index (κ3) is 4.93. The molecule has 124 valence electrons. The van der Waals surface area contributed by atoms with Crippen molar-refractivity contribution < 1.29 is 13.2 Å². The highest BCUT2D eigenvalue weighted by molar-refractivity contribution is 7.89. The highest BCUT2D eigenvalue weighted by Crippen LogP contribution is 2.13. The number of amides is 1. The Bertz CT molecular complexity index is 898. The minimum atomic E-state index is -3.15. The lowest BCUT2D eigenvalue weighted by molar-refractivity contribution is 0.0785. The van der Waals surface area contributed by atoms with Crippen LogP contribution >= 0.6 is 0 Å². The maximum Gasteiger partial charge on any atom is 0.253 e. The van der Waals surface area contributed by atoms with Gasteiger partial charge in [-0.05, 0) is 35.4 Å². The average Bonchev–Trinajstić information content (AvgIpc) is 2.53. The Morgan fingerprint density at radius 1 is 1.12 bits per heavy atom. The van der Waals surface area contributed by atoms with Gasteiger partial charge >= 0.3 is 0 Å². The maximum atomic E-state index is 12.5. The second kappa shape index (κ2) is 7.28. The third-order valence-electron chi connectivity index (χ3n) is 3.43. The van der Waals surface area contributed by atoms with E-state index >= 15 is 0 Å². The van der Waals surface area contributed by atoms with Gasteiger partial charge in [-0.25, -0.2) is 8.42 Å². The molecule has 1 amide bonds. The molecule has 0 atom stereocenters. The predicted octanol–water partition coefficient (Wildman–Crippen LogP) is 2.38. The maximum absolute atomic E-state index is 12.5. The van der Waals surface area contributed by atoms with Gasteiger partial charge in [0.05, 0.1) is 17.4 Å². The summed E-state index contributed by atoms with van der Waals surface area (Å²) in [6, 6.07) is 15.8. The van der Waals surface area contributed by atoms with Gasteiger partial charge in [-0.15, -0.1) is 0 Å². The summed E-state index contributed by atoms with van der Waals surface area (Å²) in [5, 5.41) is 8.93. The van der Waals surface area contributed by atoms with E-state index in [1.54, 1.807) is 49.5 Å². The normalized spacial score (nSPS) is 10.9. The van der Waals surface area contributed by atoms with Crippen molar-refractivity contribution in [2.75, 3.05) is 13.3 Å². The zero-order valence-electron chi connectivity index (χ0n) is 13.6. The van der Waals surface area contributed by atoms with Crippen LogP contribution in [0.3, 0.4) is 0 Å². The van der Waals surface area contributed by atoms with Crippen LogP contribution in [0.15, 0.2) is 48.5 Å². The Kier molecular flexibility index (Phi) is 5.37. The quantitative estimate of drug-likeness (QED) is 0.836. The predicted molar refractivity (Wildman–Crippen MR) is 91.9 cm³/mol. The van der Waals surface area contributed by atoms with Crippen molar-refractivity contribution in [3.05, 3.63) is 70.8 Å². The molecule has 6 heteroatoms. The molecule has 0 bridgehead atoms. The first-order valence-corrected chi connectivity index (χ1v) is 9.36. The molecule has 2 aromatic carbocycles. The average molecular weight is 342 g/mol. The first-order valence-electron chi connectivity index (χ1n) is 7.29. The molecule has 0 unspecified atom stereocenters. The van der Waals surface area contributed by atoms with Crippen LogP contribution in [-0.2, 0) is 22.1 Å². The van der Waals surface area contributed by atoms with Crippen LogP contribution in [0.1, 0.15) is 27.0 Å². The lowest BCUT2D eigenvalue weighted by Gasteiger charge is -2.18. The van der Waals surface area contributed by atoms with E-state index in [9.17, 15) is 13.2 Å². The molecule has 0 saturated heterocycles. The van der Waals surface area contributed by atoms with E-state index in [4.69, 9.17) is 5.26 Å². The van der Waals surface area contributed by atoms with E-state index in [1.165, 1.54) is 4.90 Å². The number of carbonyl (C=O) groups excluding carboxylic acids is 1. The second-order valence-electron chi connectivity index (χ2n) is 5.74. The highest BCUT2D eigenvalue weighted by atomic mass is 32.2. The van der Waals surface area contributed by atoms with Crippen LogP contribution < -0.4 is 0 Å². The molecular formula is C18H18N2O3S. The molecule has 0 heterocycles. The molecular weight excluding hydrogens is 324 g/mol. The first kappa shape index (κ1) is 17.7. The smallest absolute Gasteiger partial charge is 0.253 e. The summed E-state index contributed by atoms with van der Waals surface area (Å²) in [4.78, 5) is 14.1. The Morgan fingerprint density at radius 2 is 1.79 bits per heavy atom. The number of carbonyl (C=O) groups is 1. The molecule has 5 nitrogen and oxygen atoms in total. The largest absolute Gasteiger partial charge is 0.337 e. The van der Waals surface area contributed by atoms with Gasteiger partial charge < -0.3 is 4.90 Å². The van der Waals surface area contributed by atoms with Crippen LogP contribution in [0.25, 0.3) is 0 Å². The summed E-state index contributed by atoms with van der Waals surface area (Å²) < 4.78 is 22.8. The van der Waals surface area contributed by atoms with Crippen molar-refractivity contribution in [2.45, 2.75) is 12.3 Å². The summed E-state index contributed by atoms with van der Waals surface area (Å²) in [5.74, 6) is -0.296. The van der Waals surface area contributed by atoms with E-state index in [1.807, 2.05) is 6.07 Å². The fourth-order valence-corrected chi connectivity index (χ4v) is 3.19. The number of benzene rings is 2. The van der Waals surface area contributed by atoms with Gasteiger partial charge in [0, 0.05) is 25.4 Å². The number of sulfone groups is 1. The molecule has 0 radical (unpaired) electrons. The van der Waals surface area contributed by atoms with Crippen LogP contribution in [0, 0.1) is 11.3 Å². The molecule has 0 saturated carbocycles. The van der Waals surface area contributed by atoms with Gasteiger partial charge in [-0.2, -0.15) is 5.26 Å².